The summed E-state index contributed by atoms with van der Waals surface area (Å²) in [7, 11) is 1.55. The van der Waals surface area contributed by atoms with E-state index in [4.69, 9.17) is 43.4 Å². The predicted molar refractivity (Wildman–Crippen MR) is 180 cm³/mol. The number of methoxy groups -OCH3 is 1. The van der Waals surface area contributed by atoms with Gasteiger partial charge in [0.05, 0.1) is 44.2 Å². The lowest BCUT2D eigenvalue weighted by atomic mass is 10.2. The molecule has 0 fully saturated rings. The van der Waals surface area contributed by atoms with E-state index in [1.54, 1.807) is 7.11 Å². The second-order valence-electron chi connectivity index (χ2n) is 9.86. The number of alkyl halides is 6. The first kappa shape index (κ1) is 40.6. The van der Waals surface area contributed by atoms with Crippen molar-refractivity contribution in [2.24, 2.45) is 0 Å². The van der Waals surface area contributed by atoms with Gasteiger partial charge in [0.15, 0.2) is 10.2 Å². The molecule has 6 N–H and O–H groups in total. The number of hydrazine groups is 2. The number of amides is 2. The smallest absolute Gasteiger partial charge is 0.416 e. The molecule has 0 radical (unpaired) electrons. The lowest BCUT2D eigenvalue weighted by Crippen LogP contribution is -2.45. The number of thiocarbonyl (C=S) groups is 2. The van der Waals surface area contributed by atoms with Crippen LogP contribution in [0.4, 0.5) is 37.7 Å². The van der Waals surface area contributed by atoms with E-state index in [1.807, 2.05) is 0 Å². The minimum absolute atomic E-state index is 0.00295. The number of pyridine rings is 1. The SMILES string of the molecule is COCCOCCOCCOc1cc(C(=O)NNC(=S)Nc2ccc(C(F)(F)F)cc2)nc(C(=O)NNC(=S)Nc2ccc(C(F)(F)F)cc2)c1. The zero-order valence-electron chi connectivity index (χ0n) is 26.5. The third-order valence-electron chi connectivity index (χ3n) is 6.08. The Morgan fingerprint density at radius 2 is 1.02 bits per heavy atom. The molecule has 21 heteroatoms. The molecule has 3 aromatic rings. The van der Waals surface area contributed by atoms with Gasteiger partial charge in [-0.05, 0) is 73.0 Å². The zero-order valence-corrected chi connectivity index (χ0v) is 28.1. The van der Waals surface area contributed by atoms with Crippen LogP contribution in [0.25, 0.3) is 0 Å². The fourth-order valence-corrected chi connectivity index (χ4v) is 4.01. The number of rotatable bonds is 14. The molecule has 276 valence electrons. The standard InChI is InChI=1S/C30H31F6N7O6S2/c1-46-10-11-47-12-13-48-14-15-49-22-16-23(25(44)40-42-27(50)37-20-6-2-18(3-7-20)29(31,32)33)39-24(17-22)26(45)41-43-28(51)38-21-8-4-19(5-9-21)30(34,35)36/h2-9,16-17H,10-15H2,1H3,(H,40,44)(H,41,45)(H2,37,42,50)(H2,38,43,51). The van der Waals surface area contributed by atoms with Crippen LogP contribution in [0.1, 0.15) is 32.1 Å². The van der Waals surface area contributed by atoms with Gasteiger partial charge in [0.2, 0.25) is 0 Å². The van der Waals surface area contributed by atoms with E-state index in [1.165, 1.54) is 12.1 Å². The minimum Gasteiger partial charge on any atom is -0.491 e. The third kappa shape index (κ3) is 14.5. The number of nitrogens with zero attached hydrogens (tertiary/aromatic N) is 1. The van der Waals surface area contributed by atoms with Gasteiger partial charge in [0, 0.05) is 30.6 Å². The summed E-state index contributed by atoms with van der Waals surface area (Å²) in [5.74, 6) is -1.73. The molecule has 13 nitrogen and oxygen atoms in total. The maximum absolute atomic E-state index is 13.0. The third-order valence-corrected chi connectivity index (χ3v) is 6.49. The average molecular weight is 764 g/mol. The fourth-order valence-electron chi connectivity index (χ4n) is 3.67. The van der Waals surface area contributed by atoms with Crippen LogP contribution in [-0.4, -0.2) is 73.8 Å². The van der Waals surface area contributed by atoms with Crippen molar-refractivity contribution in [3.8, 4) is 5.75 Å². The fraction of sp³-hybridized carbons (Fsp3) is 0.300. The highest BCUT2D eigenvalue weighted by molar-refractivity contribution is 7.80. The Kier molecular flexibility index (Phi) is 15.5. The van der Waals surface area contributed by atoms with Crippen molar-refractivity contribution in [2.75, 3.05) is 57.4 Å². The van der Waals surface area contributed by atoms with E-state index in [9.17, 15) is 35.9 Å². The van der Waals surface area contributed by atoms with Crippen LogP contribution in [0.15, 0.2) is 60.7 Å². The van der Waals surface area contributed by atoms with Crippen molar-refractivity contribution < 1.29 is 54.9 Å². The van der Waals surface area contributed by atoms with Crippen molar-refractivity contribution in [1.29, 1.82) is 0 Å². The van der Waals surface area contributed by atoms with Crippen LogP contribution < -0.4 is 37.1 Å². The molecule has 0 aliphatic rings. The maximum Gasteiger partial charge on any atom is 0.416 e. The van der Waals surface area contributed by atoms with Gasteiger partial charge < -0.3 is 29.6 Å². The minimum atomic E-state index is -4.52. The van der Waals surface area contributed by atoms with E-state index in [0.717, 1.165) is 48.5 Å². The number of nitrogens with one attached hydrogen (secondary N) is 6. The van der Waals surface area contributed by atoms with E-state index in [0.29, 0.717) is 19.8 Å². The molecule has 0 saturated carbocycles. The molecule has 3 rings (SSSR count). The number of halogens is 6. The van der Waals surface area contributed by atoms with Gasteiger partial charge in [0.1, 0.15) is 23.7 Å². The van der Waals surface area contributed by atoms with E-state index in [-0.39, 0.29) is 58.6 Å². The summed E-state index contributed by atoms with van der Waals surface area (Å²) in [6.07, 6.45) is -9.04. The Bertz CT molecular complexity index is 1530. The van der Waals surface area contributed by atoms with Gasteiger partial charge in [-0.1, -0.05) is 0 Å². The van der Waals surface area contributed by atoms with E-state index >= 15 is 0 Å². The largest absolute Gasteiger partial charge is 0.491 e. The predicted octanol–water partition coefficient (Wildman–Crippen LogP) is 4.44. The number of hydrogen-bond acceptors (Lipinski definition) is 9. The van der Waals surface area contributed by atoms with Crippen molar-refractivity contribution in [3.63, 3.8) is 0 Å². The lowest BCUT2D eigenvalue weighted by molar-refractivity contribution is -0.138. The summed E-state index contributed by atoms with van der Waals surface area (Å²) in [5, 5.41) is 4.84. The Morgan fingerprint density at radius 3 is 1.41 bits per heavy atom. The lowest BCUT2D eigenvalue weighted by Gasteiger charge is -2.15. The molecule has 0 spiro atoms. The molecule has 2 aromatic carbocycles. The normalized spacial score (nSPS) is 11.3. The quantitative estimate of drug-likeness (QED) is 0.0594. The van der Waals surface area contributed by atoms with Gasteiger partial charge in [0.25, 0.3) is 11.8 Å². The first-order valence-corrected chi connectivity index (χ1v) is 15.4. The monoisotopic (exact) mass is 763 g/mol. The van der Waals surface area contributed by atoms with E-state index in [2.05, 4.69) is 37.3 Å². The van der Waals surface area contributed by atoms with Crippen molar-refractivity contribution in [2.45, 2.75) is 12.4 Å². The zero-order chi connectivity index (χ0) is 37.4. The number of ether oxygens (including phenoxy) is 4. The van der Waals surface area contributed by atoms with Crippen molar-refractivity contribution in [3.05, 3.63) is 83.2 Å². The molecule has 1 heterocycles. The highest BCUT2D eigenvalue weighted by Crippen LogP contribution is 2.30. The van der Waals surface area contributed by atoms with E-state index < -0.39 is 35.3 Å². The number of aromatic nitrogens is 1. The second kappa shape index (κ2) is 19.5. The molecular weight excluding hydrogens is 732 g/mol. The first-order chi connectivity index (χ1) is 24.2. The molecule has 0 aliphatic carbocycles. The van der Waals surface area contributed by atoms with Crippen LogP contribution in [0.5, 0.6) is 5.75 Å². The summed E-state index contributed by atoms with van der Waals surface area (Å²) < 4.78 is 98.2. The Morgan fingerprint density at radius 1 is 0.627 bits per heavy atom. The van der Waals surface area contributed by atoms with Crippen LogP contribution in [-0.2, 0) is 26.6 Å². The van der Waals surface area contributed by atoms with Crippen LogP contribution in [0, 0.1) is 0 Å². The maximum atomic E-state index is 13.0. The second-order valence-corrected chi connectivity index (χ2v) is 10.7. The average Bonchev–Trinajstić information content (AvgIpc) is 3.08. The van der Waals surface area contributed by atoms with Crippen LogP contribution >= 0.6 is 24.4 Å². The van der Waals surface area contributed by atoms with Crippen molar-refractivity contribution in [1.82, 2.24) is 26.7 Å². The van der Waals surface area contributed by atoms with Gasteiger partial charge in [-0.25, -0.2) is 4.98 Å². The highest BCUT2D eigenvalue weighted by Gasteiger charge is 2.30. The number of hydrogen-bond donors (Lipinski definition) is 6. The molecule has 2 amide bonds. The summed E-state index contributed by atoms with van der Waals surface area (Å²) in [6.45, 7) is 1.55. The van der Waals surface area contributed by atoms with Crippen LogP contribution in [0.2, 0.25) is 0 Å². The highest BCUT2D eigenvalue weighted by atomic mass is 32.1. The Hall–Kier alpha value is -4.83. The Balaban J connectivity index is 1.62. The van der Waals surface area contributed by atoms with Gasteiger partial charge >= 0.3 is 12.4 Å². The van der Waals surface area contributed by atoms with Gasteiger partial charge in [-0.2, -0.15) is 26.3 Å². The molecule has 1 aromatic heterocycles. The Labute approximate surface area is 297 Å². The number of anilines is 2. The summed E-state index contributed by atoms with van der Waals surface area (Å²) >= 11 is 10.2. The summed E-state index contributed by atoms with van der Waals surface area (Å²) in [5.41, 5.74) is 7.31. The molecule has 0 unspecified atom stereocenters. The molecule has 0 aliphatic heterocycles. The van der Waals surface area contributed by atoms with Crippen molar-refractivity contribution >= 4 is 57.8 Å². The summed E-state index contributed by atoms with van der Waals surface area (Å²) in [4.78, 5) is 30.0. The van der Waals surface area contributed by atoms with Gasteiger partial charge in [-0.3, -0.25) is 31.3 Å². The molecular formula is C30H31F6N7O6S2. The summed E-state index contributed by atoms with van der Waals surface area (Å²) in [6, 6.07) is 10.4. The molecule has 51 heavy (non-hydrogen) atoms. The molecule has 0 bridgehead atoms. The van der Waals surface area contributed by atoms with Crippen LogP contribution in [0.3, 0.4) is 0 Å². The molecule has 0 atom stereocenters. The number of benzene rings is 2. The topological polar surface area (TPSA) is 156 Å². The molecule has 0 saturated heterocycles. The first-order valence-electron chi connectivity index (χ1n) is 14.5. The number of carbonyl (C=O) groups is 2. The number of carbonyl (C=O) groups excluding carboxylic acids is 2. The van der Waals surface area contributed by atoms with Gasteiger partial charge in [-0.15, -0.1) is 0 Å².